The molecule has 3 heteroatoms. The maximum Gasteiger partial charge on any atom is 0.141 e. The highest BCUT2D eigenvalue weighted by Crippen LogP contribution is 2.27. The standard InChI is InChI=1S/C11H12FNO/c1-13-5-4-8-6-9(12)2-3-10(8)11(13)7-14/h2-3,6-7,11H,4-5H2,1H3. The quantitative estimate of drug-likeness (QED) is 0.631. The summed E-state index contributed by atoms with van der Waals surface area (Å²) in [6.45, 7) is 0.805. The van der Waals surface area contributed by atoms with Gasteiger partial charge in [-0.15, -0.1) is 0 Å². The van der Waals surface area contributed by atoms with Crippen LogP contribution in [0.25, 0.3) is 0 Å². The lowest BCUT2D eigenvalue weighted by Crippen LogP contribution is -2.33. The molecular formula is C11H12FNO. The number of likely N-dealkylation sites (N-methyl/N-ethyl adjacent to an activating group) is 1. The summed E-state index contributed by atoms with van der Waals surface area (Å²) in [6.07, 6.45) is 1.73. The molecule has 1 aromatic carbocycles. The van der Waals surface area contributed by atoms with Gasteiger partial charge >= 0.3 is 0 Å². The molecule has 74 valence electrons. The average molecular weight is 193 g/mol. The third-order valence-electron chi connectivity index (χ3n) is 2.76. The number of halogens is 1. The van der Waals surface area contributed by atoms with Crippen LogP contribution in [0.15, 0.2) is 18.2 Å². The number of fused-ring (bicyclic) bond motifs is 1. The van der Waals surface area contributed by atoms with Gasteiger partial charge in [0.15, 0.2) is 0 Å². The number of hydrogen-bond acceptors (Lipinski definition) is 2. The number of aldehydes is 1. The van der Waals surface area contributed by atoms with E-state index in [-0.39, 0.29) is 11.9 Å². The first kappa shape index (κ1) is 9.34. The average Bonchev–Trinajstić information content (AvgIpc) is 2.18. The zero-order chi connectivity index (χ0) is 10.1. The van der Waals surface area contributed by atoms with E-state index < -0.39 is 0 Å². The second-order valence-electron chi connectivity index (χ2n) is 3.65. The molecule has 1 unspecified atom stereocenters. The van der Waals surface area contributed by atoms with Crippen LogP contribution < -0.4 is 0 Å². The van der Waals surface area contributed by atoms with E-state index in [0.717, 1.165) is 30.4 Å². The summed E-state index contributed by atoms with van der Waals surface area (Å²) < 4.78 is 12.9. The van der Waals surface area contributed by atoms with Gasteiger partial charge in [0, 0.05) is 6.54 Å². The molecule has 0 aromatic heterocycles. The second kappa shape index (κ2) is 3.50. The van der Waals surface area contributed by atoms with Gasteiger partial charge in [-0.05, 0) is 36.7 Å². The molecule has 0 bridgehead atoms. The van der Waals surface area contributed by atoms with Gasteiger partial charge in [0.2, 0.25) is 0 Å². The molecule has 1 atom stereocenters. The van der Waals surface area contributed by atoms with Gasteiger partial charge in [-0.2, -0.15) is 0 Å². The van der Waals surface area contributed by atoms with E-state index in [4.69, 9.17) is 0 Å². The van der Waals surface area contributed by atoms with Crippen molar-refractivity contribution in [3.8, 4) is 0 Å². The minimum Gasteiger partial charge on any atom is -0.301 e. The van der Waals surface area contributed by atoms with Gasteiger partial charge in [0.05, 0.1) is 6.04 Å². The normalized spacial score (nSPS) is 21.7. The molecule has 0 saturated heterocycles. The van der Waals surface area contributed by atoms with E-state index in [2.05, 4.69) is 0 Å². The minimum atomic E-state index is -0.224. The third-order valence-corrected chi connectivity index (χ3v) is 2.76. The fraction of sp³-hybridized carbons (Fsp3) is 0.364. The molecule has 0 N–H and O–H groups in total. The first-order valence-corrected chi connectivity index (χ1v) is 4.66. The van der Waals surface area contributed by atoms with Gasteiger partial charge in [-0.1, -0.05) is 6.07 Å². The summed E-state index contributed by atoms with van der Waals surface area (Å²) in [5.74, 6) is -0.224. The number of carbonyl (C=O) groups excluding carboxylic acids is 1. The fourth-order valence-electron chi connectivity index (χ4n) is 1.93. The second-order valence-corrected chi connectivity index (χ2v) is 3.65. The van der Waals surface area contributed by atoms with Gasteiger partial charge in [0.25, 0.3) is 0 Å². The predicted octanol–water partition coefficient (Wildman–Crippen LogP) is 1.55. The van der Waals surface area contributed by atoms with Crippen LogP contribution in [0.5, 0.6) is 0 Å². The van der Waals surface area contributed by atoms with Crippen LogP contribution in [0.2, 0.25) is 0 Å². The molecule has 1 aliphatic heterocycles. The van der Waals surface area contributed by atoms with E-state index in [0.29, 0.717) is 0 Å². The minimum absolute atomic E-state index is 0.209. The summed E-state index contributed by atoms with van der Waals surface area (Å²) in [4.78, 5) is 12.9. The van der Waals surface area contributed by atoms with E-state index in [1.807, 2.05) is 11.9 Å². The Morgan fingerprint density at radius 3 is 3.07 bits per heavy atom. The number of nitrogens with zero attached hydrogens (tertiary/aromatic N) is 1. The SMILES string of the molecule is CN1CCc2cc(F)ccc2C1C=O. The Morgan fingerprint density at radius 2 is 2.36 bits per heavy atom. The summed E-state index contributed by atoms with van der Waals surface area (Å²) in [5.41, 5.74) is 1.90. The Labute approximate surface area is 82.3 Å². The Hall–Kier alpha value is -1.22. The molecule has 2 rings (SSSR count). The monoisotopic (exact) mass is 193 g/mol. The van der Waals surface area contributed by atoms with Gasteiger partial charge in [0.1, 0.15) is 12.1 Å². The van der Waals surface area contributed by atoms with E-state index in [9.17, 15) is 9.18 Å². The highest BCUT2D eigenvalue weighted by Gasteiger charge is 2.23. The fourth-order valence-corrected chi connectivity index (χ4v) is 1.93. The Bertz CT molecular complexity index is 364. The van der Waals surface area contributed by atoms with Crippen molar-refractivity contribution in [3.05, 3.63) is 35.1 Å². The molecule has 14 heavy (non-hydrogen) atoms. The van der Waals surface area contributed by atoms with Crippen LogP contribution in [0.3, 0.4) is 0 Å². The van der Waals surface area contributed by atoms with Crippen LogP contribution in [-0.4, -0.2) is 24.8 Å². The first-order chi connectivity index (χ1) is 6.72. The van der Waals surface area contributed by atoms with Crippen molar-refractivity contribution < 1.29 is 9.18 Å². The Kier molecular flexibility index (Phi) is 2.33. The summed E-state index contributed by atoms with van der Waals surface area (Å²) >= 11 is 0. The largest absolute Gasteiger partial charge is 0.301 e. The van der Waals surface area contributed by atoms with E-state index in [1.165, 1.54) is 12.1 Å². The molecule has 2 nitrogen and oxygen atoms in total. The van der Waals surface area contributed by atoms with Gasteiger partial charge in [-0.3, -0.25) is 4.90 Å². The topological polar surface area (TPSA) is 20.3 Å². The van der Waals surface area contributed by atoms with Crippen molar-refractivity contribution >= 4 is 6.29 Å². The summed E-state index contributed by atoms with van der Waals surface area (Å²) in [5, 5.41) is 0. The van der Waals surface area contributed by atoms with Crippen molar-refractivity contribution in [2.45, 2.75) is 12.5 Å². The van der Waals surface area contributed by atoms with Gasteiger partial charge in [-0.25, -0.2) is 4.39 Å². The zero-order valence-corrected chi connectivity index (χ0v) is 8.03. The molecule has 0 radical (unpaired) electrons. The number of rotatable bonds is 1. The van der Waals surface area contributed by atoms with E-state index in [1.54, 1.807) is 6.07 Å². The van der Waals surface area contributed by atoms with Crippen LogP contribution >= 0.6 is 0 Å². The first-order valence-electron chi connectivity index (χ1n) is 4.66. The van der Waals surface area contributed by atoms with Crippen LogP contribution in [0.4, 0.5) is 4.39 Å². The highest BCUT2D eigenvalue weighted by atomic mass is 19.1. The molecule has 0 aliphatic carbocycles. The lowest BCUT2D eigenvalue weighted by molar-refractivity contribution is -0.112. The zero-order valence-electron chi connectivity index (χ0n) is 8.03. The summed E-state index contributed by atoms with van der Waals surface area (Å²) in [7, 11) is 1.91. The number of benzene rings is 1. The van der Waals surface area contributed by atoms with Crippen LogP contribution in [0.1, 0.15) is 17.2 Å². The molecule has 1 aromatic rings. The molecule has 0 saturated carbocycles. The number of hydrogen-bond donors (Lipinski definition) is 0. The van der Waals surface area contributed by atoms with Crippen molar-refractivity contribution in [3.63, 3.8) is 0 Å². The van der Waals surface area contributed by atoms with Crippen LogP contribution in [0, 0.1) is 5.82 Å². The lowest BCUT2D eigenvalue weighted by atomic mass is 9.94. The molecule has 0 spiro atoms. The third kappa shape index (κ3) is 1.44. The Balaban J connectivity index is 2.46. The lowest BCUT2D eigenvalue weighted by Gasteiger charge is -2.30. The van der Waals surface area contributed by atoms with Crippen molar-refractivity contribution in [2.24, 2.45) is 0 Å². The van der Waals surface area contributed by atoms with E-state index >= 15 is 0 Å². The maximum atomic E-state index is 12.9. The van der Waals surface area contributed by atoms with Crippen molar-refractivity contribution in [2.75, 3.05) is 13.6 Å². The summed E-state index contributed by atoms with van der Waals surface area (Å²) in [6, 6.07) is 4.44. The molecular weight excluding hydrogens is 181 g/mol. The maximum absolute atomic E-state index is 12.9. The van der Waals surface area contributed by atoms with Crippen molar-refractivity contribution in [1.29, 1.82) is 0 Å². The van der Waals surface area contributed by atoms with Gasteiger partial charge < -0.3 is 4.79 Å². The molecule has 0 amide bonds. The Morgan fingerprint density at radius 1 is 1.57 bits per heavy atom. The molecule has 0 fully saturated rings. The molecule has 1 heterocycles. The van der Waals surface area contributed by atoms with Crippen LogP contribution in [-0.2, 0) is 11.2 Å². The molecule has 1 aliphatic rings. The highest BCUT2D eigenvalue weighted by molar-refractivity contribution is 5.63. The smallest absolute Gasteiger partial charge is 0.141 e. The van der Waals surface area contributed by atoms with Crippen molar-refractivity contribution in [1.82, 2.24) is 4.90 Å². The predicted molar refractivity (Wildman–Crippen MR) is 51.5 cm³/mol. The number of carbonyl (C=O) groups is 1.